The molecule has 14 nitrogen and oxygen atoms in total. The number of aryl methyl sites for hydroxylation is 2. The number of nitrogens with zero attached hydrogens (tertiary/aromatic N) is 7. The summed E-state index contributed by atoms with van der Waals surface area (Å²) in [7, 11) is 0. The van der Waals surface area contributed by atoms with Crippen LogP contribution in [0.5, 0.6) is 0 Å². The summed E-state index contributed by atoms with van der Waals surface area (Å²) in [4.78, 5) is 44.2. The summed E-state index contributed by atoms with van der Waals surface area (Å²) in [5, 5.41) is 30.9. The molecule has 9 rings (SSSR count). The number of pyridine rings is 1. The maximum Gasteiger partial charge on any atom is 0.305 e. The van der Waals surface area contributed by atoms with E-state index in [4.69, 9.17) is 16.3 Å². The highest BCUT2D eigenvalue weighted by molar-refractivity contribution is 7.19. The molecule has 3 fully saturated rings. The average molecular weight is 914 g/mol. The lowest BCUT2D eigenvalue weighted by Crippen LogP contribution is -2.48. The van der Waals surface area contributed by atoms with Gasteiger partial charge in [-0.05, 0) is 86.6 Å². The van der Waals surface area contributed by atoms with Gasteiger partial charge in [-0.25, -0.2) is 0 Å². The summed E-state index contributed by atoms with van der Waals surface area (Å²) >= 11 is 7.89. The van der Waals surface area contributed by atoms with Gasteiger partial charge < -0.3 is 19.7 Å². The second kappa shape index (κ2) is 19.2. The number of ether oxygens (including phenoxy) is 1. The predicted molar refractivity (Wildman–Crippen MR) is 246 cm³/mol. The van der Waals surface area contributed by atoms with Crippen LogP contribution < -0.4 is 5.32 Å². The van der Waals surface area contributed by atoms with Crippen molar-refractivity contribution < 1.29 is 28.7 Å². The number of amides is 2. The Balaban J connectivity index is 0.000000183. The van der Waals surface area contributed by atoms with Crippen molar-refractivity contribution in [2.45, 2.75) is 91.7 Å². The Bertz CT molecular complexity index is 2700. The van der Waals surface area contributed by atoms with Gasteiger partial charge in [-0.2, -0.15) is 9.49 Å². The van der Waals surface area contributed by atoms with Gasteiger partial charge in [0, 0.05) is 102 Å². The monoisotopic (exact) mass is 912 g/mol. The number of carbonyl (C=O) groups is 2. The number of piperazine rings is 1. The molecule has 3 aliphatic rings. The summed E-state index contributed by atoms with van der Waals surface area (Å²) in [6.45, 7) is 16.2. The van der Waals surface area contributed by atoms with E-state index in [1.165, 1.54) is 28.2 Å². The van der Waals surface area contributed by atoms with Crippen LogP contribution in [0.2, 0.25) is 5.02 Å². The highest BCUT2D eigenvalue weighted by Crippen LogP contribution is 2.48. The first kappa shape index (κ1) is 45.5. The number of fused-ring (bicyclic) bond motifs is 3. The van der Waals surface area contributed by atoms with E-state index < -0.39 is 22.5 Å². The normalized spacial score (nSPS) is 19.1. The molecule has 4 unspecified atom stereocenters. The third-order valence-corrected chi connectivity index (χ3v) is 13.7. The van der Waals surface area contributed by atoms with Crippen molar-refractivity contribution in [3.63, 3.8) is 0 Å². The zero-order chi connectivity index (χ0) is 45.4. The lowest BCUT2D eigenvalue weighted by Gasteiger charge is -2.31. The lowest BCUT2D eigenvalue weighted by atomic mass is 9.97. The van der Waals surface area contributed by atoms with E-state index in [1.54, 1.807) is 17.5 Å². The number of hydrogen-bond acceptors (Lipinski definition) is 11. The number of halogens is 2. The van der Waals surface area contributed by atoms with Gasteiger partial charge in [0.2, 0.25) is 17.6 Å². The average Bonchev–Trinajstić information content (AvgIpc) is 3.43. The summed E-state index contributed by atoms with van der Waals surface area (Å²) in [6.07, 6.45) is 6.49. The molecular formula is C47H54ClFN8O6S. The maximum absolute atomic E-state index is 14.3. The number of hydrogen-bond donors (Lipinski definition) is 2. The van der Waals surface area contributed by atoms with E-state index in [-0.39, 0.29) is 42.7 Å². The van der Waals surface area contributed by atoms with E-state index >= 15 is 0 Å². The highest BCUT2D eigenvalue weighted by Gasteiger charge is 2.58. The SMILES string of the molecule is CC1CN(Cc2cnn(CCCOCC(O)Cn3c(C(C)C)cc4cc([N+](=O)[O-])c(F)cc43)c2)CCN1.Cc1cc(Cl)cc(-c2ccnc3cc(CN4C(=O)C5CC5C4=O)sc23)c1C. The number of piperidine rings is 1. The smallest absolute Gasteiger partial charge is 0.305 e. The molecule has 2 amide bonds. The number of nitro groups is 1. The van der Waals surface area contributed by atoms with Gasteiger partial charge >= 0.3 is 5.69 Å². The van der Waals surface area contributed by atoms with Crippen molar-refractivity contribution in [2.24, 2.45) is 11.8 Å². The van der Waals surface area contributed by atoms with Crippen molar-refractivity contribution in [2.75, 3.05) is 32.8 Å². The van der Waals surface area contributed by atoms with Crippen LogP contribution in [0.4, 0.5) is 10.1 Å². The number of aliphatic hydroxyl groups excluding tert-OH is 1. The molecule has 17 heteroatoms. The number of likely N-dealkylation sites (tertiary alicyclic amines) is 1. The standard InChI is InChI=1S/C26H37FN6O4.C21H17ClN2O2S/c1-18(2)24-9-21-10-26(33(35)36)23(27)11-25(21)32(24)16-22(34)17-37-8-4-6-31-15-20(12-29-31)14-30-7-5-28-19(3)13-30;1-10-5-12(22)6-15(11(10)2)14-3-4-23-18-7-13(27-19(14)18)9-24-20(25)16-8-17(16)21(24)26/h9-12,15,18-19,22,28,34H,4-8,13-14,16-17H2,1-3H3;3-7,16-17H,8-9H2,1-2H3. The van der Waals surface area contributed by atoms with Crippen LogP contribution in [0.25, 0.3) is 32.2 Å². The zero-order valence-electron chi connectivity index (χ0n) is 36.7. The van der Waals surface area contributed by atoms with Crippen LogP contribution in [0, 0.1) is 41.6 Å². The second-order valence-electron chi connectivity index (χ2n) is 17.6. The van der Waals surface area contributed by atoms with Gasteiger partial charge in [0.1, 0.15) is 0 Å². The number of benzene rings is 2. The summed E-state index contributed by atoms with van der Waals surface area (Å²) in [6, 6.07) is 12.7. The first-order chi connectivity index (χ1) is 30.6. The predicted octanol–water partition coefficient (Wildman–Crippen LogP) is 8.01. The van der Waals surface area contributed by atoms with Crippen molar-refractivity contribution in [1.29, 1.82) is 0 Å². The van der Waals surface area contributed by atoms with E-state index in [1.807, 2.05) is 59.6 Å². The topological polar surface area (TPSA) is 161 Å². The molecule has 2 aromatic carbocycles. The number of nitro benzene ring substituents is 1. The molecule has 1 aliphatic carbocycles. The number of aromatic nitrogens is 4. The van der Waals surface area contributed by atoms with Crippen LogP contribution in [-0.2, 0) is 40.5 Å². The zero-order valence-corrected chi connectivity index (χ0v) is 38.3. The van der Waals surface area contributed by atoms with E-state index in [2.05, 4.69) is 47.3 Å². The molecule has 0 bridgehead atoms. The third kappa shape index (κ3) is 9.92. The Morgan fingerprint density at radius 2 is 1.88 bits per heavy atom. The molecule has 0 spiro atoms. The molecule has 0 radical (unpaired) electrons. The number of carbonyl (C=O) groups excluding carboxylic acids is 2. The quantitative estimate of drug-likeness (QED) is 0.0447. The number of imide groups is 1. The molecular weight excluding hydrogens is 859 g/mol. The van der Waals surface area contributed by atoms with Gasteiger partial charge in [0.25, 0.3) is 0 Å². The molecule has 338 valence electrons. The van der Waals surface area contributed by atoms with Gasteiger partial charge in [-0.1, -0.05) is 25.4 Å². The van der Waals surface area contributed by atoms with Gasteiger partial charge in [0.05, 0.1) is 64.5 Å². The first-order valence-electron chi connectivity index (χ1n) is 21.8. The molecule has 4 atom stereocenters. The number of rotatable bonds is 15. The van der Waals surface area contributed by atoms with E-state index in [0.29, 0.717) is 35.1 Å². The third-order valence-electron chi connectivity index (χ3n) is 12.4. The Morgan fingerprint density at radius 3 is 2.61 bits per heavy atom. The maximum atomic E-state index is 14.3. The fraction of sp³-hybridized carbons (Fsp3) is 0.447. The van der Waals surface area contributed by atoms with Crippen LogP contribution in [0.3, 0.4) is 0 Å². The molecule has 6 heterocycles. The molecule has 4 aromatic heterocycles. The summed E-state index contributed by atoms with van der Waals surface area (Å²) in [5.41, 5.74) is 7.44. The van der Waals surface area contributed by atoms with Crippen molar-refractivity contribution in [1.82, 2.24) is 34.4 Å². The van der Waals surface area contributed by atoms with Gasteiger partial charge in [0.15, 0.2) is 0 Å². The second-order valence-corrected chi connectivity index (χ2v) is 19.2. The first-order valence-corrected chi connectivity index (χ1v) is 23.0. The van der Waals surface area contributed by atoms with Crippen molar-refractivity contribution in [3.05, 3.63) is 109 Å². The number of nitrogens with one attached hydrogen (secondary N) is 1. The van der Waals surface area contributed by atoms with Gasteiger partial charge in [-0.3, -0.25) is 39.2 Å². The Hall–Kier alpha value is -5.10. The molecule has 64 heavy (non-hydrogen) atoms. The minimum Gasteiger partial charge on any atom is -0.389 e. The molecule has 1 saturated carbocycles. The highest BCUT2D eigenvalue weighted by atomic mass is 35.5. The lowest BCUT2D eigenvalue weighted by molar-refractivity contribution is -0.387. The number of thiophene rings is 1. The fourth-order valence-electron chi connectivity index (χ4n) is 8.89. The Labute approximate surface area is 380 Å². The molecule has 2 saturated heterocycles. The van der Waals surface area contributed by atoms with E-state index in [0.717, 1.165) is 83.0 Å². The van der Waals surface area contributed by atoms with Crippen molar-refractivity contribution in [3.8, 4) is 11.1 Å². The summed E-state index contributed by atoms with van der Waals surface area (Å²) < 4.78 is 24.8. The van der Waals surface area contributed by atoms with Gasteiger partial charge in [-0.15, -0.1) is 11.3 Å². The van der Waals surface area contributed by atoms with Crippen LogP contribution in [0.15, 0.2) is 61.1 Å². The van der Waals surface area contributed by atoms with Crippen molar-refractivity contribution >= 4 is 61.6 Å². The minimum atomic E-state index is -0.887. The molecule has 6 aromatic rings. The Kier molecular flexibility index (Phi) is 13.6. The van der Waals surface area contributed by atoms with E-state index in [9.17, 15) is 29.2 Å². The van der Waals surface area contributed by atoms with Crippen LogP contribution in [-0.4, -0.2) is 96.0 Å². The summed E-state index contributed by atoms with van der Waals surface area (Å²) in [5.74, 6) is -0.942. The fourth-order valence-corrected chi connectivity index (χ4v) is 10.3. The minimum absolute atomic E-state index is 0.0167. The molecule has 2 aliphatic heterocycles. The number of aliphatic hydroxyl groups is 1. The molecule has 2 N–H and O–H groups in total. The van der Waals surface area contributed by atoms with Crippen LogP contribution >= 0.6 is 22.9 Å². The largest absolute Gasteiger partial charge is 0.389 e. The van der Waals surface area contributed by atoms with Crippen LogP contribution in [0.1, 0.15) is 66.8 Å². The Morgan fingerprint density at radius 1 is 1.09 bits per heavy atom.